The fraction of sp³-hybridized carbons (Fsp3) is 0.692. The molecule has 5 nitrogen and oxygen atoms in total. The number of rotatable bonds is 4. The molecular formula is C13H21N3O2. The monoisotopic (exact) mass is 251 g/mol. The lowest BCUT2D eigenvalue weighted by molar-refractivity contribution is -0.149. The third-order valence-corrected chi connectivity index (χ3v) is 3.37. The highest BCUT2D eigenvalue weighted by atomic mass is 16.5. The van der Waals surface area contributed by atoms with Crippen molar-refractivity contribution >= 4 is 5.97 Å². The standard InChI is InChI=1S/C13H21N3O2/c1-3-18-13(17)12-4-6-16(7-5-12)10-11-8-14-15(2)9-11/h8-9,12H,3-7,10H2,1-2H3. The summed E-state index contributed by atoms with van der Waals surface area (Å²) in [6.45, 7) is 5.17. The number of piperidine rings is 1. The van der Waals surface area contributed by atoms with Crippen LogP contribution in [0.3, 0.4) is 0 Å². The summed E-state index contributed by atoms with van der Waals surface area (Å²) in [5.74, 6) is 0.0635. The molecule has 0 aromatic carbocycles. The highest BCUT2D eigenvalue weighted by Gasteiger charge is 2.25. The summed E-state index contributed by atoms with van der Waals surface area (Å²) in [6, 6.07) is 0. The Morgan fingerprint density at radius 3 is 2.78 bits per heavy atom. The van der Waals surface area contributed by atoms with Crippen LogP contribution in [0.5, 0.6) is 0 Å². The van der Waals surface area contributed by atoms with Gasteiger partial charge in [-0.25, -0.2) is 0 Å². The lowest BCUT2D eigenvalue weighted by Gasteiger charge is -2.30. The van der Waals surface area contributed by atoms with E-state index in [9.17, 15) is 4.79 Å². The summed E-state index contributed by atoms with van der Waals surface area (Å²) in [6.07, 6.45) is 5.74. The number of carbonyl (C=O) groups is 1. The Balaban J connectivity index is 1.78. The van der Waals surface area contributed by atoms with E-state index in [2.05, 4.69) is 10.00 Å². The molecule has 1 fully saturated rings. The SMILES string of the molecule is CCOC(=O)C1CCN(Cc2cnn(C)c2)CC1. The van der Waals surface area contributed by atoms with Gasteiger partial charge in [-0.15, -0.1) is 0 Å². The Morgan fingerprint density at radius 2 is 2.22 bits per heavy atom. The van der Waals surface area contributed by atoms with E-state index >= 15 is 0 Å². The average Bonchev–Trinajstić information content (AvgIpc) is 2.76. The van der Waals surface area contributed by atoms with Crippen molar-refractivity contribution in [3.8, 4) is 0 Å². The Bertz CT molecular complexity index is 395. The van der Waals surface area contributed by atoms with Gasteiger partial charge in [0.15, 0.2) is 0 Å². The third kappa shape index (κ3) is 3.32. The molecule has 1 aliphatic heterocycles. The average molecular weight is 251 g/mol. The third-order valence-electron chi connectivity index (χ3n) is 3.37. The molecule has 1 saturated heterocycles. The van der Waals surface area contributed by atoms with Crippen LogP contribution in [-0.4, -0.2) is 40.3 Å². The van der Waals surface area contributed by atoms with E-state index in [4.69, 9.17) is 4.74 Å². The molecule has 100 valence electrons. The van der Waals surface area contributed by atoms with Crippen LogP contribution >= 0.6 is 0 Å². The van der Waals surface area contributed by atoms with Gasteiger partial charge in [-0.2, -0.15) is 5.10 Å². The smallest absolute Gasteiger partial charge is 0.309 e. The van der Waals surface area contributed by atoms with Crippen LogP contribution in [-0.2, 0) is 23.1 Å². The number of hydrogen-bond acceptors (Lipinski definition) is 4. The lowest BCUT2D eigenvalue weighted by Crippen LogP contribution is -2.36. The Morgan fingerprint density at radius 1 is 1.50 bits per heavy atom. The Labute approximate surface area is 108 Å². The van der Waals surface area contributed by atoms with Crippen molar-refractivity contribution in [1.29, 1.82) is 0 Å². The molecule has 1 aromatic heterocycles. The quantitative estimate of drug-likeness (QED) is 0.754. The summed E-state index contributed by atoms with van der Waals surface area (Å²) in [5, 5.41) is 4.17. The molecule has 0 amide bonds. The number of esters is 1. The van der Waals surface area contributed by atoms with Crippen molar-refractivity contribution in [1.82, 2.24) is 14.7 Å². The van der Waals surface area contributed by atoms with Gasteiger partial charge in [-0.3, -0.25) is 14.4 Å². The first-order valence-corrected chi connectivity index (χ1v) is 6.55. The summed E-state index contributed by atoms with van der Waals surface area (Å²) in [5.41, 5.74) is 1.23. The second-order valence-electron chi connectivity index (χ2n) is 4.82. The molecule has 1 aliphatic rings. The number of hydrogen-bond donors (Lipinski definition) is 0. The number of nitrogens with zero attached hydrogens (tertiary/aromatic N) is 3. The maximum absolute atomic E-state index is 11.6. The van der Waals surface area contributed by atoms with Gasteiger partial charge >= 0.3 is 5.97 Å². The van der Waals surface area contributed by atoms with E-state index in [0.717, 1.165) is 32.5 Å². The van der Waals surface area contributed by atoms with Gasteiger partial charge in [-0.05, 0) is 32.9 Å². The van der Waals surface area contributed by atoms with Crippen LogP contribution in [0.15, 0.2) is 12.4 Å². The molecule has 0 spiro atoms. The highest BCUT2D eigenvalue weighted by molar-refractivity contribution is 5.72. The fourth-order valence-corrected chi connectivity index (χ4v) is 2.40. The molecule has 2 rings (SSSR count). The second-order valence-corrected chi connectivity index (χ2v) is 4.82. The van der Waals surface area contributed by atoms with Gasteiger partial charge in [0.05, 0.1) is 18.7 Å². The van der Waals surface area contributed by atoms with E-state index in [1.807, 2.05) is 31.0 Å². The predicted octanol–water partition coefficient (Wildman–Crippen LogP) is 1.20. The highest BCUT2D eigenvalue weighted by Crippen LogP contribution is 2.20. The minimum absolute atomic E-state index is 0.0291. The van der Waals surface area contributed by atoms with Gasteiger partial charge in [0.25, 0.3) is 0 Å². The summed E-state index contributed by atoms with van der Waals surface area (Å²) in [4.78, 5) is 14.0. The molecule has 0 bridgehead atoms. The lowest BCUT2D eigenvalue weighted by atomic mass is 9.97. The van der Waals surface area contributed by atoms with E-state index in [1.165, 1.54) is 5.56 Å². The largest absolute Gasteiger partial charge is 0.466 e. The molecule has 0 unspecified atom stereocenters. The van der Waals surface area contributed by atoms with Crippen LogP contribution < -0.4 is 0 Å². The minimum atomic E-state index is -0.0291. The molecule has 1 aromatic rings. The second kappa shape index (κ2) is 6.00. The number of ether oxygens (including phenoxy) is 1. The molecule has 0 atom stereocenters. The zero-order chi connectivity index (χ0) is 13.0. The summed E-state index contributed by atoms with van der Waals surface area (Å²) in [7, 11) is 1.93. The van der Waals surface area contributed by atoms with Gasteiger partial charge in [0, 0.05) is 25.4 Å². The summed E-state index contributed by atoms with van der Waals surface area (Å²) >= 11 is 0. The molecular weight excluding hydrogens is 230 g/mol. The number of aryl methyl sites for hydroxylation is 1. The number of carbonyl (C=O) groups excluding carboxylic acids is 1. The van der Waals surface area contributed by atoms with E-state index in [1.54, 1.807) is 0 Å². The predicted molar refractivity (Wildman–Crippen MR) is 67.8 cm³/mol. The normalized spacial score (nSPS) is 17.9. The van der Waals surface area contributed by atoms with Crippen LogP contribution in [0.4, 0.5) is 0 Å². The molecule has 0 radical (unpaired) electrons. The number of likely N-dealkylation sites (tertiary alicyclic amines) is 1. The van der Waals surface area contributed by atoms with Crippen LogP contribution in [0.25, 0.3) is 0 Å². The van der Waals surface area contributed by atoms with Gasteiger partial charge < -0.3 is 4.74 Å². The Hall–Kier alpha value is -1.36. The molecule has 0 saturated carbocycles. The fourth-order valence-electron chi connectivity index (χ4n) is 2.40. The molecule has 2 heterocycles. The molecule has 0 N–H and O–H groups in total. The van der Waals surface area contributed by atoms with Crippen molar-refractivity contribution < 1.29 is 9.53 Å². The van der Waals surface area contributed by atoms with Gasteiger partial charge in [0.1, 0.15) is 0 Å². The van der Waals surface area contributed by atoms with Crippen molar-refractivity contribution in [2.45, 2.75) is 26.3 Å². The first-order valence-electron chi connectivity index (χ1n) is 6.55. The van der Waals surface area contributed by atoms with Crippen molar-refractivity contribution in [2.24, 2.45) is 13.0 Å². The zero-order valence-corrected chi connectivity index (χ0v) is 11.1. The molecule has 5 heteroatoms. The van der Waals surface area contributed by atoms with Gasteiger partial charge in [0.2, 0.25) is 0 Å². The van der Waals surface area contributed by atoms with E-state index in [0.29, 0.717) is 6.61 Å². The number of aromatic nitrogens is 2. The van der Waals surface area contributed by atoms with Crippen LogP contribution in [0, 0.1) is 5.92 Å². The molecule has 0 aliphatic carbocycles. The van der Waals surface area contributed by atoms with Crippen LogP contribution in [0.1, 0.15) is 25.3 Å². The maximum Gasteiger partial charge on any atom is 0.309 e. The van der Waals surface area contributed by atoms with E-state index in [-0.39, 0.29) is 11.9 Å². The zero-order valence-electron chi connectivity index (χ0n) is 11.1. The van der Waals surface area contributed by atoms with Crippen molar-refractivity contribution in [3.63, 3.8) is 0 Å². The van der Waals surface area contributed by atoms with E-state index < -0.39 is 0 Å². The van der Waals surface area contributed by atoms with Crippen LogP contribution in [0.2, 0.25) is 0 Å². The first-order chi connectivity index (χ1) is 8.69. The molecule has 18 heavy (non-hydrogen) atoms. The maximum atomic E-state index is 11.6. The van der Waals surface area contributed by atoms with Gasteiger partial charge in [-0.1, -0.05) is 0 Å². The topological polar surface area (TPSA) is 47.4 Å². The first kappa shape index (κ1) is 13.1. The summed E-state index contributed by atoms with van der Waals surface area (Å²) < 4.78 is 6.89. The van der Waals surface area contributed by atoms with Crippen molar-refractivity contribution in [3.05, 3.63) is 18.0 Å². The van der Waals surface area contributed by atoms with Crippen molar-refractivity contribution in [2.75, 3.05) is 19.7 Å². The Kier molecular flexibility index (Phi) is 4.36. The minimum Gasteiger partial charge on any atom is -0.466 e.